The highest BCUT2D eigenvalue weighted by Crippen LogP contribution is 2.21. The number of nitro benzene ring substituents is 1. The van der Waals surface area contributed by atoms with E-state index in [9.17, 15) is 14.9 Å². The van der Waals surface area contributed by atoms with Gasteiger partial charge in [-0.25, -0.2) is 4.98 Å². The van der Waals surface area contributed by atoms with Gasteiger partial charge in [-0.3, -0.25) is 20.0 Å². The Morgan fingerprint density at radius 3 is 2.83 bits per heavy atom. The highest BCUT2D eigenvalue weighted by Gasteiger charge is 2.12. The summed E-state index contributed by atoms with van der Waals surface area (Å²) in [4.78, 5) is 25.4. The maximum atomic E-state index is 11.7. The molecule has 18 heavy (non-hydrogen) atoms. The molecule has 0 aliphatic rings. The summed E-state index contributed by atoms with van der Waals surface area (Å²) in [7, 11) is 0. The number of carbonyl (C=O) groups excluding carboxylic acids is 1. The Bertz CT molecular complexity index is 594. The van der Waals surface area contributed by atoms with E-state index in [2.05, 4.69) is 20.5 Å². The van der Waals surface area contributed by atoms with Gasteiger partial charge in [0.15, 0.2) is 0 Å². The monoisotopic (exact) mass is 247 g/mol. The minimum Gasteiger partial charge on any atom is -0.319 e. The summed E-state index contributed by atoms with van der Waals surface area (Å²) < 4.78 is 0. The number of nitrogens with one attached hydrogen (secondary N) is 2. The molecule has 2 N–H and O–H groups in total. The van der Waals surface area contributed by atoms with E-state index in [0.717, 1.165) is 0 Å². The van der Waals surface area contributed by atoms with Gasteiger partial charge in [0.05, 0.1) is 4.92 Å². The molecule has 1 aromatic carbocycles. The number of benzene rings is 1. The molecule has 0 saturated heterocycles. The van der Waals surface area contributed by atoms with E-state index in [1.165, 1.54) is 24.5 Å². The number of non-ortho nitro benzene ring substituents is 1. The molecule has 0 aliphatic heterocycles. The Morgan fingerprint density at radius 1 is 1.50 bits per heavy atom. The first-order valence-corrected chi connectivity index (χ1v) is 4.99. The Labute approximate surface area is 101 Å². The number of rotatable bonds is 3. The first-order chi connectivity index (χ1) is 8.58. The fraction of sp³-hybridized carbons (Fsp3) is 0.100. The van der Waals surface area contributed by atoms with Crippen LogP contribution < -0.4 is 5.32 Å². The van der Waals surface area contributed by atoms with Crippen molar-refractivity contribution < 1.29 is 9.72 Å². The van der Waals surface area contributed by atoms with Gasteiger partial charge >= 0.3 is 0 Å². The molecule has 8 nitrogen and oxygen atoms in total. The third-order valence-corrected chi connectivity index (χ3v) is 2.30. The summed E-state index contributed by atoms with van der Waals surface area (Å²) in [5.74, 6) is -0.378. The minimum absolute atomic E-state index is 0.0230. The summed E-state index contributed by atoms with van der Waals surface area (Å²) >= 11 is 0. The first kappa shape index (κ1) is 11.7. The Kier molecular flexibility index (Phi) is 3.00. The van der Waals surface area contributed by atoms with Crippen LogP contribution in [0.1, 0.15) is 16.2 Å². The fourth-order valence-corrected chi connectivity index (χ4v) is 1.40. The lowest BCUT2D eigenvalue weighted by Gasteiger charge is -2.06. The second kappa shape index (κ2) is 4.62. The third kappa shape index (κ3) is 2.32. The number of aryl methyl sites for hydroxylation is 1. The molecule has 0 fully saturated rings. The molecule has 0 aliphatic carbocycles. The van der Waals surface area contributed by atoms with E-state index in [1.807, 2.05) is 0 Å². The number of aromatic nitrogens is 3. The van der Waals surface area contributed by atoms with E-state index in [1.54, 1.807) is 6.92 Å². The van der Waals surface area contributed by atoms with Crippen LogP contribution in [0.3, 0.4) is 0 Å². The van der Waals surface area contributed by atoms with E-state index in [-0.39, 0.29) is 11.5 Å². The Balaban J connectivity index is 2.20. The van der Waals surface area contributed by atoms with Crippen LogP contribution >= 0.6 is 0 Å². The Hall–Kier alpha value is -2.77. The highest BCUT2D eigenvalue weighted by molar-refractivity contribution is 6.01. The number of nitro groups is 1. The molecule has 0 radical (unpaired) electrons. The van der Waals surface area contributed by atoms with E-state index < -0.39 is 10.8 Å². The van der Waals surface area contributed by atoms with Crippen LogP contribution in [0.5, 0.6) is 0 Å². The van der Waals surface area contributed by atoms with Gasteiger partial charge in [-0.2, -0.15) is 5.10 Å². The van der Waals surface area contributed by atoms with Crippen LogP contribution in [-0.2, 0) is 0 Å². The molecular formula is C10H9N5O3. The number of aromatic amines is 1. The zero-order valence-corrected chi connectivity index (χ0v) is 9.38. The van der Waals surface area contributed by atoms with Crippen molar-refractivity contribution in [1.82, 2.24) is 15.2 Å². The van der Waals surface area contributed by atoms with Crippen LogP contribution in [0, 0.1) is 17.0 Å². The molecule has 92 valence electrons. The maximum Gasteiger partial charge on any atom is 0.292 e. The zero-order valence-electron chi connectivity index (χ0n) is 9.38. The minimum atomic E-state index is -0.491. The predicted octanol–water partition coefficient (Wildman–Crippen LogP) is 1.27. The van der Waals surface area contributed by atoms with Gasteiger partial charge in [-0.05, 0) is 18.6 Å². The number of hydrogen-bond donors (Lipinski definition) is 2. The maximum absolute atomic E-state index is 11.7. The quantitative estimate of drug-likeness (QED) is 0.626. The summed E-state index contributed by atoms with van der Waals surface area (Å²) in [5.41, 5.74) is 1.06. The van der Waals surface area contributed by atoms with Crippen molar-refractivity contribution in [3.8, 4) is 0 Å². The molecule has 1 amide bonds. The van der Waals surface area contributed by atoms with Crippen molar-refractivity contribution in [2.75, 3.05) is 5.32 Å². The lowest BCUT2D eigenvalue weighted by molar-refractivity contribution is -0.384. The predicted molar refractivity (Wildman–Crippen MR) is 62.2 cm³/mol. The van der Waals surface area contributed by atoms with Crippen LogP contribution in [0.15, 0.2) is 24.5 Å². The number of carbonyl (C=O) groups is 1. The van der Waals surface area contributed by atoms with Crippen molar-refractivity contribution in [3.05, 3.63) is 46.0 Å². The number of anilines is 1. The zero-order chi connectivity index (χ0) is 13.1. The van der Waals surface area contributed by atoms with Crippen LogP contribution in [0.2, 0.25) is 0 Å². The number of nitrogens with zero attached hydrogens (tertiary/aromatic N) is 3. The van der Waals surface area contributed by atoms with Gasteiger partial charge in [0, 0.05) is 17.8 Å². The smallest absolute Gasteiger partial charge is 0.292 e. The fourth-order valence-electron chi connectivity index (χ4n) is 1.40. The molecule has 1 aromatic heterocycles. The summed E-state index contributed by atoms with van der Waals surface area (Å²) in [6.45, 7) is 1.67. The van der Waals surface area contributed by atoms with Crippen molar-refractivity contribution >= 4 is 17.3 Å². The molecule has 2 rings (SSSR count). The molecule has 0 saturated carbocycles. The summed E-state index contributed by atoms with van der Waals surface area (Å²) in [5, 5.41) is 19.1. The lowest BCUT2D eigenvalue weighted by atomic mass is 10.2. The molecule has 0 spiro atoms. The molecule has 0 bridgehead atoms. The van der Waals surface area contributed by atoms with Crippen LogP contribution in [0.25, 0.3) is 0 Å². The van der Waals surface area contributed by atoms with Gasteiger partial charge in [-0.15, -0.1) is 0 Å². The topological polar surface area (TPSA) is 114 Å². The highest BCUT2D eigenvalue weighted by atomic mass is 16.6. The first-order valence-electron chi connectivity index (χ1n) is 4.99. The van der Waals surface area contributed by atoms with Crippen molar-refractivity contribution in [1.29, 1.82) is 0 Å². The molecule has 0 unspecified atom stereocenters. The molecule has 0 atom stereocenters. The average Bonchev–Trinajstić information content (AvgIpc) is 2.85. The van der Waals surface area contributed by atoms with Crippen LogP contribution in [0.4, 0.5) is 11.4 Å². The van der Waals surface area contributed by atoms with Crippen molar-refractivity contribution in [2.45, 2.75) is 6.92 Å². The lowest BCUT2D eigenvalue weighted by Crippen LogP contribution is -2.14. The van der Waals surface area contributed by atoms with E-state index in [4.69, 9.17) is 0 Å². The second-order valence-corrected chi connectivity index (χ2v) is 3.54. The normalized spacial score (nSPS) is 10.1. The standard InChI is InChI=1S/C10H9N5O3/c1-6-4-7(15(17)18)2-3-8(6)13-10(16)9-11-5-12-14-9/h2-5H,1H3,(H,13,16)(H,11,12,14). The number of amides is 1. The van der Waals surface area contributed by atoms with E-state index in [0.29, 0.717) is 11.3 Å². The third-order valence-electron chi connectivity index (χ3n) is 2.30. The second-order valence-electron chi connectivity index (χ2n) is 3.54. The summed E-state index contributed by atoms with van der Waals surface area (Å²) in [6.07, 6.45) is 1.22. The van der Waals surface area contributed by atoms with Gasteiger partial charge in [0.2, 0.25) is 5.82 Å². The van der Waals surface area contributed by atoms with Gasteiger partial charge < -0.3 is 5.32 Å². The summed E-state index contributed by atoms with van der Waals surface area (Å²) in [6, 6.07) is 4.18. The molecule has 8 heteroatoms. The molecule has 2 aromatic rings. The van der Waals surface area contributed by atoms with Gasteiger partial charge in [-0.1, -0.05) is 0 Å². The van der Waals surface area contributed by atoms with E-state index >= 15 is 0 Å². The number of H-pyrrole nitrogens is 1. The average molecular weight is 247 g/mol. The number of hydrogen-bond acceptors (Lipinski definition) is 5. The molecule has 1 heterocycles. The van der Waals surface area contributed by atoms with Crippen molar-refractivity contribution in [2.24, 2.45) is 0 Å². The van der Waals surface area contributed by atoms with Gasteiger partial charge in [0.25, 0.3) is 11.6 Å². The molecular weight excluding hydrogens is 238 g/mol. The SMILES string of the molecule is Cc1cc([N+](=O)[O-])ccc1NC(=O)c1ncn[nH]1. The van der Waals surface area contributed by atoms with Gasteiger partial charge in [0.1, 0.15) is 6.33 Å². The van der Waals surface area contributed by atoms with Crippen molar-refractivity contribution in [3.63, 3.8) is 0 Å². The largest absolute Gasteiger partial charge is 0.319 e. The van der Waals surface area contributed by atoms with Crippen LogP contribution in [-0.4, -0.2) is 26.0 Å². The Morgan fingerprint density at radius 2 is 2.28 bits per heavy atom.